The van der Waals surface area contributed by atoms with Gasteiger partial charge in [-0.3, -0.25) is 0 Å². The van der Waals surface area contributed by atoms with Gasteiger partial charge >= 0.3 is 0 Å². The number of aliphatic hydroxyl groups is 2. The minimum absolute atomic E-state index is 0.177. The normalized spacial score (nSPS) is 13.8. The van der Waals surface area contributed by atoms with Crippen LogP contribution in [0, 0.1) is 5.41 Å². The first kappa shape index (κ1) is 21.2. The Labute approximate surface area is 161 Å². The number of benzene rings is 2. The summed E-state index contributed by atoms with van der Waals surface area (Å²) in [6.45, 7) is 5.25. The SMILES string of the molecule is CC(C)(COCC(O)Nc1ccccc1)COCC(O)Nc1ccccc1. The molecule has 0 saturated carbocycles. The molecule has 0 aromatic heterocycles. The van der Waals surface area contributed by atoms with E-state index in [0.717, 1.165) is 11.4 Å². The van der Waals surface area contributed by atoms with E-state index in [4.69, 9.17) is 9.47 Å². The van der Waals surface area contributed by atoms with Crippen molar-refractivity contribution in [1.82, 2.24) is 0 Å². The minimum atomic E-state index is -0.777. The molecular weight excluding hydrogens is 344 g/mol. The zero-order valence-electron chi connectivity index (χ0n) is 16.0. The summed E-state index contributed by atoms with van der Waals surface area (Å²) in [4.78, 5) is 0. The Morgan fingerprint density at radius 1 is 0.741 bits per heavy atom. The van der Waals surface area contributed by atoms with Gasteiger partial charge in [-0.2, -0.15) is 0 Å². The third-order valence-corrected chi connectivity index (χ3v) is 3.75. The van der Waals surface area contributed by atoms with Crippen molar-refractivity contribution in [1.29, 1.82) is 0 Å². The Hall–Kier alpha value is -2.12. The molecule has 0 bridgehead atoms. The topological polar surface area (TPSA) is 83.0 Å². The summed E-state index contributed by atoms with van der Waals surface area (Å²) in [6, 6.07) is 19.0. The van der Waals surface area contributed by atoms with Gasteiger partial charge in [0.15, 0.2) is 0 Å². The summed E-state index contributed by atoms with van der Waals surface area (Å²) in [6.07, 6.45) is -1.55. The molecule has 2 unspecified atom stereocenters. The second kappa shape index (κ2) is 10.9. The van der Waals surface area contributed by atoms with Crippen LogP contribution in [-0.2, 0) is 9.47 Å². The summed E-state index contributed by atoms with van der Waals surface area (Å²) >= 11 is 0. The number of aliphatic hydroxyl groups excluding tert-OH is 2. The van der Waals surface area contributed by atoms with Gasteiger partial charge in [0.05, 0.1) is 26.4 Å². The molecule has 0 fully saturated rings. The van der Waals surface area contributed by atoms with Crippen LogP contribution in [0.2, 0.25) is 0 Å². The quantitative estimate of drug-likeness (QED) is 0.428. The van der Waals surface area contributed by atoms with E-state index in [1.54, 1.807) is 0 Å². The average Bonchev–Trinajstić information content (AvgIpc) is 2.63. The number of hydrogen-bond donors (Lipinski definition) is 4. The maximum absolute atomic E-state index is 9.98. The second-order valence-corrected chi connectivity index (χ2v) is 7.25. The molecule has 2 atom stereocenters. The van der Waals surface area contributed by atoms with Gasteiger partial charge in [0, 0.05) is 16.8 Å². The first-order chi connectivity index (χ1) is 12.9. The van der Waals surface area contributed by atoms with Gasteiger partial charge in [0.25, 0.3) is 0 Å². The van der Waals surface area contributed by atoms with E-state index >= 15 is 0 Å². The molecule has 0 radical (unpaired) electrons. The van der Waals surface area contributed by atoms with Crippen LogP contribution in [-0.4, -0.2) is 49.1 Å². The highest BCUT2D eigenvalue weighted by atomic mass is 16.5. The van der Waals surface area contributed by atoms with Crippen LogP contribution in [0.3, 0.4) is 0 Å². The summed E-state index contributed by atoms with van der Waals surface area (Å²) in [5, 5.41) is 25.9. The molecule has 0 amide bonds. The lowest BCUT2D eigenvalue weighted by molar-refractivity contribution is -0.0385. The fourth-order valence-corrected chi connectivity index (χ4v) is 2.47. The van der Waals surface area contributed by atoms with Crippen LogP contribution in [0.5, 0.6) is 0 Å². The Bertz CT molecular complexity index is 582. The standard InChI is InChI=1S/C21H30N2O4/c1-21(2,15-26-13-19(24)22-17-9-5-3-6-10-17)16-27-14-20(25)23-18-11-7-4-8-12-18/h3-12,19-20,22-25H,13-16H2,1-2H3. The number of anilines is 2. The monoisotopic (exact) mass is 374 g/mol. The Morgan fingerprint density at radius 3 is 1.48 bits per heavy atom. The van der Waals surface area contributed by atoms with E-state index in [9.17, 15) is 10.2 Å². The first-order valence-corrected chi connectivity index (χ1v) is 9.09. The predicted octanol–water partition coefficient (Wildman–Crippen LogP) is 2.91. The van der Waals surface area contributed by atoms with Gasteiger partial charge in [-0.15, -0.1) is 0 Å². The number of hydrogen-bond acceptors (Lipinski definition) is 6. The third-order valence-electron chi connectivity index (χ3n) is 3.75. The number of nitrogens with one attached hydrogen (secondary N) is 2. The van der Waals surface area contributed by atoms with Crippen molar-refractivity contribution in [3.63, 3.8) is 0 Å². The lowest BCUT2D eigenvalue weighted by atomic mass is 9.96. The zero-order valence-corrected chi connectivity index (χ0v) is 16.0. The Balaban J connectivity index is 1.60. The molecule has 4 N–H and O–H groups in total. The smallest absolute Gasteiger partial charge is 0.148 e. The molecule has 0 heterocycles. The number of para-hydroxylation sites is 2. The molecular formula is C21H30N2O4. The summed E-state index contributed by atoms with van der Waals surface area (Å²) < 4.78 is 11.2. The maximum atomic E-state index is 9.98. The van der Waals surface area contributed by atoms with Crippen LogP contribution in [0.25, 0.3) is 0 Å². The minimum Gasteiger partial charge on any atom is -0.376 e. The van der Waals surface area contributed by atoms with Crippen molar-refractivity contribution in [2.24, 2.45) is 5.41 Å². The Kier molecular flexibility index (Phi) is 8.54. The van der Waals surface area contributed by atoms with E-state index < -0.39 is 12.5 Å². The lowest BCUT2D eigenvalue weighted by Gasteiger charge is -2.26. The molecule has 6 heteroatoms. The fraction of sp³-hybridized carbons (Fsp3) is 0.429. The summed E-state index contributed by atoms with van der Waals surface area (Å²) in [7, 11) is 0. The van der Waals surface area contributed by atoms with Crippen molar-refractivity contribution < 1.29 is 19.7 Å². The number of ether oxygens (including phenoxy) is 2. The molecule has 2 rings (SSSR count). The average molecular weight is 374 g/mol. The highest BCUT2D eigenvalue weighted by molar-refractivity contribution is 5.43. The van der Waals surface area contributed by atoms with E-state index in [2.05, 4.69) is 10.6 Å². The van der Waals surface area contributed by atoms with Crippen molar-refractivity contribution >= 4 is 11.4 Å². The molecule has 148 valence electrons. The maximum Gasteiger partial charge on any atom is 0.148 e. The molecule has 2 aromatic rings. The molecule has 2 aromatic carbocycles. The van der Waals surface area contributed by atoms with Crippen molar-refractivity contribution in [3.05, 3.63) is 60.7 Å². The third kappa shape index (κ3) is 8.88. The van der Waals surface area contributed by atoms with Crippen LogP contribution < -0.4 is 10.6 Å². The van der Waals surface area contributed by atoms with Crippen LogP contribution in [0.15, 0.2) is 60.7 Å². The van der Waals surface area contributed by atoms with E-state index in [1.165, 1.54) is 0 Å². The second-order valence-electron chi connectivity index (χ2n) is 7.25. The van der Waals surface area contributed by atoms with E-state index in [1.807, 2.05) is 74.5 Å². The van der Waals surface area contributed by atoms with Gasteiger partial charge in [-0.05, 0) is 24.3 Å². The summed E-state index contributed by atoms with van der Waals surface area (Å²) in [5.74, 6) is 0. The summed E-state index contributed by atoms with van der Waals surface area (Å²) in [5.41, 5.74) is 1.45. The molecule has 0 aliphatic rings. The molecule has 0 saturated heterocycles. The largest absolute Gasteiger partial charge is 0.376 e. The highest BCUT2D eigenvalue weighted by Crippen LogP contribution is 2.17. The van der Waals surface area contributed by atoms with Gasteiger partial charge < -0.3 is 30.3 Å². The van der Waals surface area contributed by atoms with Crippen molar-refractivity contribution in [3.8, 4) is 0 Å². The van der Waals surface area contributed by atoms with Gasteiger partial charge in [0.1, 0.15) is 12.5 Å². The molecule has 0 aliphatic heterocycles. The van der Waals surface area contributed by atoms with Crippen LogP contribution in [0.1, 0.15) is 13.8 Å². The first-order valence-electron chi connectivity index (χ1n) is 9.09. The fourth-order valence-electron chi connectivity index (χ4n) is 2.47. The lowest BCUT2D eigenvalue weighted by Crippen LogP contribution is -2.32. The molecule has 0 spiro atoms. The highest BCUT2D eigenvalue weighted by Gasteiger charge is 2.20. The molecule has 27 heavy (non-hydrogen) atoms. The zero-order chi connectivity index (χ0) is 19.5. The van der Waals surface area contributed by atoms with Crippen molar-refractivity contribution in [2.75, 3.05) is 37.1 Å². The molecule has 0 aliphatic carbocycles. The van der Waals surface area contributed by atoms with Crippen LogP contribution in [0.4, 0.5) is 11.4 Å². The number of rotatable bonds is 12. The van der Waals surface area contributed by atoms with Gasteiger partial charge in [-0.1, -0.05) is 50.2 Å². The van der Waals surface area contributed by atoms with E-state index in [-0.39, 0.29) is 18.6 Å². The molecule has 6 nitrogen and oxygen atoms in total. The van der Waals surface area contributed by atoms with E-state index in [0.29, 0.717) is 13.2 Å². The predicted molar refractivity (Wildman–Crippen MR) is 108 cm³/mol. The van der Waals surface area contributed by atoms with Crippen molar-refractivity contribution in [2.45, 2.75) is 26.3 Å². The Morgan fingerprint density at radius 2 is 1.11 bits per heavy atom. The van der Waals surface area contributed by atoms with Gasteiger partial charge in [0.2, 0.25) is 0 Å². The van der Waals surface area contributed by atoms with Gasteiger partial charge in [-0.25, -0.2) is 0 Å². The van der Waals surface area contributed by atoms with Crippen LogP contribution >= 0.6 is 0 Å².